The fourth-order valence-corrected chi connectivity index (χ4v) is 2.23. The second-order valence-corrected chi connectivity index (χ2v) is 4.76. The second-order valence-electron chi connectivity index (χ2n) is 3.34. The molecular weight excluding hydrogens is 194 g/mol. The quantitative estimate of drug-likeness (QED) is 0.718. The van der Waals surface area contributed by atoms with E-state index in [1.165, 1.54) is 0 Å². The van der Waals surface area contributed by atoms with Crippen LogP contribution in [-0.4, -0.2) is 15.0 Å². The van der Waals surface area contributed by atoms with Gasteiger partial charge in [-0.3, -0.25) is 4.68 Å². The van der Waals surface area contributed by atoms with Crippen LogP contribution in [0, 0.1) is 18.3 Å². The molecule has 0 N–H and O–H groups in total. The Kier molecular flexibility index (Phi) is 3.59. The Morgan fingerprint density at radius 3 is 2.79 bits per heavy atom. The van der Waals surface area contributed by atoms with E-state index in [0.717, 1.165) is 22.7 Å². The Morgan fingerprint density at radius 1 is 1.64 bits per heavy atom. The van der Waals surface area contributed by atoms with Crippen LogP contribution in [0.4, 0.5) is 0 Å². The van der Waals surface area contributed by atoms with Crippen molar-refractivity contribution in [3.8, 4) is 6.07 Å². The Balaban J connectivity index is 3.02. The van der Waals surface area contributed by atoms with E-state index in [1.54, 1.807) is 16.4 Å². The van der Waals surface area contributed by atoms with E-state index in [0.29, 0.717) is 5.25 Å². The molecule has 1 atom stereocenters. The molecule has 0 bridgehead atoms. The molecule has 0 saturated carbocycles. The average molecular weight is 209 g/mol. The number of rotatable bonds is 3. The van der Waals surface area contributed by atoms with Gasteiger partial charge < -0.3 is 0 Å². The standard InChI is InChI=1S/C10H15N3S/c1-5-7(2)14-10-9(6-11)8(3)12-13(10)4/h7H,5H2,1-4H3. The third kappa shape index (κ3) is 2.10. The Morgan fingerprint density at radius 2 is 2.29 bits per heavy atom. The van der Waals surface area contributed by atoms with Crippen LogP contribution in [-0.2, 0) is 7.05 Å². The molecule has 1 aromatic heterocycles. The predicted molar refractivity (Wildman–Crippen MR) is 58.3 cm³/mol. The van der Waals surface area contributed by atoms with Crippen LogP contribution in [0.1, 0.15) is 31.5 Å². The van der Waals surface area contributed by atoms with Crippen LogP contribution in [0.3, 0.4) is 0 Å². The van der Waals surface area contributed by atoms with Gasteiger partial charge in [-0.05, 0) is 13.3 Å². The maximum atomic E-state index is 8.98. The number of hydrogen-bond acceptors (Lipinski definition) is 3. The summed E-state index contributed by atoms with van der Waals surface area (Å²) < 4.78 is 1.80. The van der Waals surface area contributed by atoms with E-state index in [1.807, 2.05) is 14.0 Å². The fourth-order valence-electron chi connectivity index (χ4n) is 1.17. The van der Waals surface area contributed by atoms with Gasteiger partial charge in [0.05, 0.1) is 5.69 Å². The first kappa shape index (κ1) is 11.1. The van der Waals surface area contributed by atoms with E-state index < -0.39 is 0 Å². The topological polar surface area (TPSA) is 41.6 Å². The summed E-state index contributed by atoms with van der Waals surface area (Å²) in [6, 6.07) is 2.21. The minimum absolute atomic E-state index is 0.525. The molecule has 0 radical (unpaired) electrons. The molecule has 76 valence electrons. The molecule has 4 heteroatoms. The zero-order valence-corrected chi connectivity index (χ0v) is 9.85. The lowest BCUT2D eigenvalue weighted by Crippen LogP contribution is -1.98. The number of nitriles is 1. The largest absolute Gasteiger partial charge is 0.260 e. The molecule has 1 aromatic rings. The zero-order valence-electron chi connectivity index (χ0n) is 9.03. The van der Waals surface area contributed by atoms with Crippen LogP contribution in [0.15, 0.2) is 5.03 Å². The highest BCUT2D eigenvalue weighted by Gasteiger charge is 2.15. The van der Waals surface area contributed by atoms with Gasteiger partial charge in [0.25, 0.3) is 0 Å². The minimum atomic E-state index is 0.525. The van der Waals surface area contributed by atoms with Crippen molar-refractivity contribution in [1.29, 1.82) is 5.26 Å². The Hall–Kier alpha value is -0.950. The van der Waals surface area contributed by atoms with Crippen LogP contribution >= 0.6 is 11.8 Å². The number of nitrogens with zero attached hydrogens (tertiary/aromatic N) is 3. The molecule has 1 unspecified atom stereocenters. The van der Waals surface area contributed by atoms with Crippen molar-refractivity contribution in [3.63, 3.8) is 0 Å². The first-order valence-electron chi connectivity index (χ1n) is 4.70. The summed E-state index contributed by atoms with van der Waals surface area (Å²) in [4.78, 5) is 0. The summed E-state index contributed by atoms with van der Waals surface area (Å²) in [5, 5.41) is 14.7. The molecule has 0 spiro atoms. The summed E-state index contributed by atoms with van der Waals surface area (Å²) in [7, 11) is 1.89. The van der Waals surface area contributed by atoms with Gasteiger partial charge in [-0.1, -0.05) is 13.8 Å². The molecule has 3 nitrogen and oxygen atoms in total. The number of hydrogen-bond donors (Lipinski definition) is 0. The summed E-state index contributed by atoms with van der Waals surface area (Å²) >= 11 is 1.72. The van der Waals surface area contributed by atoms with E-state index in [9.17, 15) is 0 Å². The maximum Gasteiger partial charge on any atom is 0.112 e. The Bertz CT molecular complexity index is 362. The van der Waals surface area contributed by atoms with Crippen molar-refractivity contribution in [2.24, 2.45) is 7.05 Å². The number of aryl methyl sites for hydroxylation is 2. The zero-order chi connectivity index (χ0) is 10.7. The fraction of sp³-hybridized carbons (Fsp3) is 0.600. The molecule has 0 aliphatic heterocycles. The van der Waals surface area contributed by atoms with Crippen molar-refractivity contribution >= 4 is 11.8 Å². The van der Waals surface area contributed by atoms with Crippen LogP contribution in [0.5, 0.6) is 0 Å². The molecule has 0 saturated heterocycles. The molecule has 0 amide bonds. The lowest BCUT2D eigenvalue weighted by Gasteiger charge is -2.07. The third-order valence-electron chi connectivity index (χ3n) is 2.17. The summed E-state index contributed by atoms with van der Waals surface area (Å²) in [6.07, 6.45) is 1.10. The molecule has 14 heavy (non-hydrogen) atoms. The SMILES string of the molecule is CCC(C)Sc1c(C#N)c(C)nn1C. The lowest BCUT2D eigenvalue weighted by atomic mass is 10.3. The van der Waals surface area contributed by atoms with E-state index in [2.05, 4.69) is 25.0 Å². The third-order valence-corrected chi connectivity index (χ3v) is 3.60. The van der Waals surface area contributed by atoms with Crippen LogP contribution in [0.25, 0.3) is 0 Å². The highest BCUT2D eigenvalue weighted by Crippen LogP contribution is 2.28. The summed E-state index contributed by atoms with van der Waals surface area (Å²) in [5.41, 5.74) is 1.54. The van der Waals surface area contributed by atoms with Crippen molar-refractivity contribution in [3.05, 3.63) is 11.3 Å². The van der Waals surface area contributed by atoms with Gasteiger partial charge in [0.1, 0.15) is 16.7 Å². The normalized spacial score (nSPS) is 12.5. The first-order valence-corrected chi connectivity index (χ1v) is 5.58. The molecule has 0 fully saturated rings. The van der Waals surface area contributed by atoms with E-state index in [4.69, 9.17) is 5.26 Å². The van der Waals surface area contributed by atoms with Crippen molar-refractivity contribution in [2.45, 2.75) is 37.5 Å². The van der Waals surface area contributed by atoms with Gasteiger partial charge in [0.15, 0.2) is 0 Å². The second kappa shape index (κ2) is 4.52. The van der Waals surface area contributed by atoms with Crippen molar-refractivity contribution < 1.29 is 0 Å². The van der Waals surface area contributed by atoms with Gasteiger partial charge in [-0.2, -0.15) is 10.4 Å². The molecule has 0 aromatic carbocycles. The van der Waals surface area contributed by atoms with Crippen molar-refractivity contribution in [2.75, 3.05) is 0 Å². The monoisotopic (exact) mass is 209 g/mol. The molecule has 1 heterocycles. The van der Waals surface area contributed by atoms with E-state index in [-0.39, 0.29) is 0 Å². The molecule has 0 aliphatic rings. The van der Waals surface area contributed by atoms with Gasteiger partial charge >= 0.3 is 0 Å². The van der Waals surface area contributed by atoms with Crippen LogP contribution < -0.4 is 0 Å². The molecule has 0 aliphatic carbocycles. The van der Waals surface area contributed by atoms with Gasteiger partial charge in [0, 0.05) is 12.3 Å². The smallest absolute Gasteiger partial charge is 0.112 e. The van der Waals surface area contributed by atoms with Gasteiger partial charge in [-0.25, -0.2) is 0 Å². The number of thioether (sulfide) groups is 1. The van der Waals surface area contributed by atoms with Gasteiger partial charge in [-0.15, -0.1) is 11.8 Å². The molecule has 1 rings (SSSR count). The highest BCUT2D eigenvalue weighted by atomic mass is 32.2. The summed E-state index contributed by atoms with van der Waals surface area (Å²) in [6.45, 7) is 6.18. The molecular formula is C10H15N3S. The predicted octanol–water partition coefficient (Wildman–Crippen LogP) is 2.49. The minimum Gasteiger partial charge on any atom is -0.260 e. The average Bonchev–Trinajstić information content (AvgIpc) is 2.41. The highest BCUT2D eigenvalue weighted by molar-refractivity contribution is 7.99. The van der Waals surface area contributed by atoms with Crippen LogP contribution in [0.2, 0.25) is 0 Å². The van der Waals surface area contributed by atoms with E-state index >= 15 is 0 Å². The summed E-state index contributed by atoms with van der Waals surface area (Å²) in [5.74, 6) is 0. The maximum absolute atomic E-state index is 8.98. The number of aromatic nitrogens is 2. The van der Waals surface area contributed by atoms with Crippen molar-refractivity contribution in [1.82, 2.24) is 9.78 Å². The Labute approximate surface area is 89.1 Å². The lowest BCUT2D eigenvalue weighted by molar-refractivity contribution is 0.689. The van der Waals surface area contributed by atoms with Gasteiger partial charge in [0.2, 0.25) is 0 Å². The first-order chi connectivity index (χ1) is 6.60.